The molecule has 0 saturated carbocycles. The van der Waals surface area contributed by atoms with E-state index in [2.05, 4.69) is 5.32 Å². The van der Waals surface area contributed by atoms with Crippen LogP contribution in [0, 0.1) is 5.92 Å². The maximum Gasteiger partial charge on any atom is 0.227 e. The molecule has 4 nitrogen and oxygen atoms in total. The van der Waals surface area contributed by atoms with Gasteiger partial charge in [-0.2, -0.15) is 0 Å². The monoisotopic (exact) mass is 274 g/mol. The van der Waals surface area contributed by atoms with Gasteiger partial charge in [-0.15, -0.1) is 0 Å². The molecule has 1 unspecified atom stereocenters. The Labute approximate surface area is 120 Å². The van der Waals surface area contributed by atoms with Gasteiger partial charge in [0.05, 0.1) is 0 Å². The number of hydrogen-bond donors (Lipinski definition) is 1. The topological polar surface area (TPSA) is 49.4 Å². The molecule has 20 heavy (non-hydrogen) atoms. The van der Waals surface area contributed by atoms with Crippen molar-refractivity contribution in [2.24, 2.45) is 5.92 Å². The zero-order valence-electron chi connectivity index (χ0n) is 12.2. The lowest BCUT2D eigenvalue weighted by atomic mass is 9.89. The first-order valence-corrected chi connectivity index (χ1v) is 7.32. The molecule has 4 heteroatoms. The van der Waals surface area contributed by atoms with Crippen LogP contribution in [0.4, 0.5) is 5.69 Å². The number of nitrogens with zero attached hydrogens (tertiary/aromatic N) is 1. The fourth-order valence-electron chi connectivity index (χ4n) is 2.68. The minimum Gasteiger partial charge on any atom is -0.343 e. The molecule has 0 spiro atoms. The highest BCUT2D eigenvalue weighted by atomic mass is 16.2. The van der Waals surface area contributed by atoms with Gasteiger partial charge in [-0.05, 0) is 38.3 Å². The number of fused-ring (bicyclic) bond motifs is 1. The minimum absolute atomic E-state index is 0.0380. The number of para-hydroxylation sites is 1. The van der Waals surface area contributed by atoms with Gasteiger partial charge in [-0.1, -0.05) is 18.2 Å². The third kappa shape index (κ3) is 3.18. The Hall–Kier alpha value is -1.84. The van der Waals surface area contributed by atoms with E-state index in [0.717, 1.165) is 30.8 Å². The molecule has 1 aromatic rings. The predicted octanol–water partition coefficient (Wildman–Crippen LogP) is 2.45. The van der Waals surface area contributed by atoms with Gasteiger partial charge in [0.2, 0.25) is 11.8 Å². The summed E-state index contributed by atoms with van der Waals surface area (Å²) in [6.07, 6.45) is 1.80. The molecule has 1 aliphatic heterocycles. The second-order valence-electron chi connectivity index (χ2n) is 5.15. The summed E-state index contributed by atoms with van der Waals surface area (Å²) < 4.78 is 0. The van der Waals surface area contributed by atoms with Gasteiger partial charge in [-0.25, -0.2) is 0 Å². The lowest BCUT2D eigenvalue weighted by Crippen LogP contribution is -2.33. The summed E-state index contributed by atoms with van der Waals surface area (Å²) in [6.45, 7) is 5.42. The van der Waals surface area contributed by atoms with E-state index in [9.17, 15) is 9.59 Å². The van der Waals surface area contributed by atoms with Crippen LogP contribution in [0.2, 0.25) is 0 Å². The van der Waals surface area contributed by atoms with Crippen LogP contribution in [0.3, 0.4) is 0 Å². The summed E-state index contributed by atoms with van der Waals surface area (Å²) in [6, 6.07) is 7.86. The number of carbonyl (C=O) groups is 2. The molecule has 0 fully saturated rings. The van der Waals surface area contributed by atoms with Crippen LogP contribution in [0.5, 0.6) is 0 Å². The lowest BCUT2D eigenvalue weighted by Gasteiger charge is -2.25. The van der Waals surface area contributed by atoms with Gasteiger partial charge in [-0.3, -0.25) is 9.59 Å². The fourth-order valence-corrected chi connectivity index (χ4v) is 2.68. The first kappa shape index (κ1) is 14.6. The fraction of sp³-hybridized carbons (Fsp3) is 0.500. The number of anilines is 1. The van der Waals surface area contributed by atoms with Gasteiger partial charge in [0.25, 0.3) is 0 Å². The zero-order chi connectivity index (χ0) is 14.5. The Balaban J connectivity index is 1.94. The van der Waals surface area contributed by atoms with Crippen molar-refractivity contribution >= 4 is 17.5 Å². The molecule has 1 atom stereocenters. The maximum atomic E-state index is 12.0. The smallest absolute Gasteiger partial charge is 0.227 e. The normalized spacial score (nSPS) is 17.3. The number of rotatable bonds is 5. The quantitative estimate of drug-likeness (QED) is 0.896. The van der Waals surface area contributed by atoms with Gasteiger partial charge >= 0.3 is 0 Å². The van der Waals surface area contributed by atoms with E-state index in [0.29, 0.717) is 12.8 Å². The number of nitrogens with one attached hydrogen (secondary N) is 1. The van der Waals surface area contributed by atoms with Gasteiger partial charge in [0.1, 0.15) is 0 Å². The molecule has 0 radical (unpaired) electrons. The predicted molar refractivity (Wildman–Crippen MR) is 79.4 cm³/mol. The molecule has 1 heterocycles. The highest BCUT2D eigenvalue weighted by Gasteiger charge is 2.26. The first-order chi connectivity index (χ1) is 9.65. The average molecular weight is 274 g/mol. The van der Waals surface area contributed by atoms with Gasteiger partial charge in [0.15, 0.2) is 0 Å². The van der Waals surface area contributed by atoms with E-state index in [4.69, 9.17) is 0 Å². The molecule has 108 valence electrons. The van der Waals surface area contributed by atoms with Crippen molar-refractivity contribution in [1.82, 2.24) is 4.90 Å². The second kappa shape index (κ2) is 6.55. The molecule has 2 amide bonds. The molecular weight excluding hydrogens is 252 g/mol. The van der Waals surface area contributed by atoms with Crippen LogP contribution < -0.4 is 5.32 Å². The Bertz CT molecular complexity index is 495. The molecule has 1 N–H and O–H groups in total. The molecule has 1 aliphatic rings. The van der Waals surface area contributed by atoms with Crippen LogP contribution in [0.15, 0.2) is 24.3 Å². The van der Waals surface area contributed by atoms with E-state index in [1.165, 1.54) is 0 Å². The van der Waals surface area contributed by atoms with Crippen molar-refractivity contribution < 1.29 is 9.59 Å². The molecule has 0 aliphatic carbocycles. The van der Waals surface area contributed by atoms with E-state index >= 15 is 0 Å². The number of amides is 2. The SMILES string of the molecule is CCN(CC)C(=O)CCC1Cc2ccccc2NC1=O. The van der Waals surface area contributed by atoms with E-state index < -0.39 is 0 Å². The molecular formula is C16H22N2O2. The highest BCUT2D eigenvalue weighted by molar-refractivity contribution is 5.96. The summed E-state index contributed by atoms with van der Waals surface area (Å²) in [5.41, 5.74) is 2.07. The van der Waals surface area contributed by atoms with Crippen LogP contribution in [0.1, 0.15) is 32.3 Å². The highest BCUT2D eigenvalue weighted by Crippen LogP contribution is 2.27. The zero-order valence-corrected chi connectivity index (χ0v) is 12.2. The van der Waals surface area contributed by atoms with Gasteiger partial charge in [0, 0.05) is 31.1 Å². The summed E-state index contributed by atoms with van der Waals surface area (Å²) in [5, 5.41) is 2.93. The number of carbonyl (C=O) groups excluding carboxylic acids is 2. The molecule has 1 aromatic carbocycles. The molecule has 0 bridgehead atoms. The third-order valence-electron chi connectivity index (χ3n) is 3.94. The van der Waals surface area contributed by atoms with Crippen molar-refractivity contribution in [2.75, 3.05) is 18.4 Å². The molecule has 2 rings (SSSR count). The van der Waals surface area contributed by atoms with Crippen LogP contribution in [0.25, 0.3) is 0 Å². The van der Waals surface area contributed by atoms with E-state index in [-0.39, 0.29) is 17.7 Å². The van der Waals surface area contributed by atoms with Crippen molar-refractivity contribution in [3.05, 3.63) is 29.8 Å². The largest absolute Gasteiger partial charge is 0.343 e. The van der Waals surface area contributed by atoms with Crippen molar-refractivity contribution in [1.29, 1.82) is 0 Å². The molecule has 0 aromatic heterocycles. The summed E-state index contributed by atoms with van der Waals surface area (Å²) in [4.78, 5) is 25.9. The minimum atomic E-state index is -0.0931. The first-order valence-electron chi connectivity index (χ1n) is 7.32. The summed E-state index contributed by atoms with van der Waals surface area (Å²) in [5.74, 6) is 0.0853. The van der Waals surface area contributed by atoms with Crippen LogP contribution in [-0.2, 0) is 16.0 Å². The summed E-state index contributed by atoms with van der Waals surface area (Å²) >= 11 is 0. The third-order valence-corrected chi connectivity index (χ3v) is 3.94. The Morgan fingerprint density at radius 3 is 2.70 bits per heavy atom. The second-order valence-corrected chi connectivity index (χ2v) is 5.15. The lowest BCUT2D eigenvalue weighted by molar-refractivity contribution is -0.131. The van der Waals surface area contributed by atoms with Crippen molar-refractivity contribution in [3.63, 3.8) is 0 Å². The van der Waals surface area contributed by atoms with E-state index in [1.807, 2.05) is 43.0 Å². The van der Waals surface area contributed by atoms with E-state index in [1.54, 1.807) is 0 Å². The number of hydrogen-bond acceptors (Lipinski definition) is 2. The van der Waals surface area contributed by atoms with Crippen molar-refractivity contribution in [3.8, 4) is 0 Å². The molecule has 0 saturated heterocycles. The van der Waals surface area contributed by atoms with Gasteiger partial charge < -0.3 is 10.2 Å². The Kier molecular flexibility index (Phi) is 4.77. The number of benzene rings is 1. The Morgan fingerprint density at radius 2 is 2.00 bits per heavy atom. The summed E-state index contributed by atoms with van der Waals surface area (Å²) in [7, 11) is 0. The van der Waals surface area contributed by atoms with Crippen LogP contribution in [-0.4, -0.2) is 29.8 Å². The Morgan fingerprint density at radius 1 is 1.30 bits per heavy atom. The maximum absolute atomic E-state index is 12.0. The average Bonchev–Trinajstić information content (AvgIpc) is 2.46. The van der Waals surface area contributed by atoms with Crippen molar-refractivity contribution in [2.45, 2.75) is 33.1 Å². The standard InChI is InChI=1S/C16H22N2O2/c1-3-18(4-2)15(19)10-9-13-11-12-7-5-6-8-14(12)17-16(13)20/h5-8,13H,3-4,9-11H2,1-2H3,(H,17,20). The van der Waals surface area contributed by atoms with Crippen LogP contribution >= 0.6 is 0 Å².